The summed E-state index contributed by atoms with van der Waals surface area (Å²) in [6.07, 6.45) is 3.62. The van der Waals surface area contributed by atoms with Gasteiger partial charge < -0.3 is 5.32 Å². The number of nitrogens with one attached hydrogen (secondary N) is 1. The van der Waals surface area contributed by atoms with Crippen LogP contribution in [0.5, 0.6) is 0 Å². The summed E-state index contributed by atoms with van der Waals surface area (Å²) in [6.45, 7) is 4.55. The van der Waals surface area contributed by atoms with Gasteiger partial charge in [-0.3, -0.25) is 0 Å². The molecule has 0 aliphatic heterocycles. The first-order chi connectivity index (χ1) is 7.11. The van der Waals surface area contributed by atoms with Gasteiger partial charge in [0.05, 0.1) is 4.34 Å². The highest BCUT2D eigenvalue weighted by Gasteiger charge is 2.09. The molecule has 86 valence electrons. The van der Waals surface area contributed by atoms with Crippen LogP contribution < -0.4 is 5.32 Å². The first kappa shape index (κ1) is 13.0. The van der Waals surface area contributed by atoms with Gasteiger partial charge in [-0.1, -0.05) is 25.4 Å². The Balaban J connectivity index is 2.39. The maximum atomic E-state index is 5.91. The van der Waals surface area contributed by atoms with Gasteiger partial charge in [0.1, 0.15) is 0 Å². The lowest BCUT2D eigenvalue weighted by Crippen LogP contribution is -2.27. The van der Waals surface area contributed by atoms with E-state index in [0.717, 1.165) is 16.7 Å². The van der Waals surface area contributed by atoms with Crippen molar-refractivity contribution in [3.8, 4) is 0 Å². The Morgan fingerprint density at radius 1 is 1.33 bits per heavy atom. The van der Waals surface area contributed by atoms with Crippen LogP contribution in [0.1, 0.15) is 31.6 Å². The minimum absolute atomic E-state index is 0.585. The third kappa shape index (κ3) is 5.01. The van der Waals surface area contributed by atoms with Crippen LogP contribution in [0.25, 0.3) is 0 Å². The van der Waals surface area contributed by atoms with Crippen molar-refractivity contribution in [2.75, 3.05) is 7.05 Å². The minimum Gasteiger partial charge on any atom is -0.317 e. The highest BCUT2D eigenvalue weighted by Crippen LogP contribution is 2.23. The fourth-order valence-corrected chi connectivity index (χ4v) is 2.75. The topological polar surface area (TPSA) is 12.0 Å². The molecule has 1 aromatic heterocycles. The molecule has 0 aliphatic rings. The molecular weight excluding hydrogens is 226 g/mol. The summed E-state index contributed by atoms with van der Waals surface area (Å²) in [5.41, 5.74) is 0. The standard InChI is InChI=1S/C12H20ClNS/c1-9(2)4-5-10(14-3)8-11-6-7-12(13)15-11/h6-7,9-10,14H,4-5,8H2,1-3H3. The predicted octanol–water partition coefficient (Wildman–Crippen LogP) is 3.97. The number of likely N-dealkylation sites (N-methyl/N-ethyl adjacent to an activating group) is 1. The summed E-state index contributed by atoms with van der Waals surface area (Å²) >= 11 is 7.60. The van der Waals surface area contributed by atoms with E-state index in [4.69, 9.17) is 11.6 Å². The number of hydrogen-bond acceptors (Lipinski definition) is 2. The smallest absolute Gasteiger partial charge is 0.0931 e. The van der Waals surface area contributed by atoms with Crippen molar-refractivity contribution in [3.05, 3.63) is 21.3 Å². The van der Waals surface area contributed by atoms with Crippen LogP contribution in [-0.4, -0.2) is 13.1 Å². The van der Waals surface area contributed by atoms with E-state index in [9.17, 15) is 0 Å². The average Bonchev–Trinajstić information content (AvgIpc) is 2.58. The van der Waals surface area contributed by atoms with E-state index in [-0.39, 0.29) is 0 Å². The van der Waals surface area contributed by atoms with Crippen molar-refractivity contribution >= 4 is 22.9 Å². The molecule has 0 fully saturated rings. The van der Waals surface area contributed by atoms with Crippen LogP contribution in [0.2, 0.25) is 4.34 Å². The van der Waals surface area contributed by atoms with Crippen molar-refractivity contribution in [3.63, 3.8) is 0 Å². The molecule has 3 heteroatoms. The molecule has 0 saturated carbocycles. The third-order valence-electron chi connectivity index (χ3n) is 2.58. The molecule has 0 amide bonds. The SMILES string of the molecule is CNC(CCC(C)C)Cc1ccc(Cl)s1. The fraction of sp³-hybridized carbons (Fsp3) is 0.667. The van der Waals surface area contributed by atoms with Crippen LogP contribution >= 0.6 is 22.9 Å². The Morgan fingerprint density at radius 2 is 2.07 bits per heavy atom. The lowest BCUT2D eigenvalue weighted by Gasteiger charge is -2.16. The van der Waals surface area contributed by atoms with Gasteiger partial charge in [0.2, 0.25) is 0 Å². The molecule has 1 aromatic rings. The quantitative estimate of drug-likeness (QED) is 0.800. The van der Waals surface area contributed by atoms with Crippen molar-refractivity contribution in [2.45, 2.75) is 39.2 Å². The van der Waals surface area contributed by atoms with Crippen molar-refractivity contribution < 1.29 is 0 Å². The number of hydrogen-bond donors (Lipinski definition) is 1. The van der Waals surface area contributed by atoms with Crippen LogP contribution in [0, 0.1) is 5.92 Å². The Morgan fingerprint density at radius 3 is 2.53 bits per heavy atom. The van der Waals surface area contributed by atoms with E-state index in [2.05, 4.69) is 25.2 Å². The number of rotatable bonds is 6. The summed E-state index contributed by atoms with van der Waals surface area (Å²) in [7, 11) is 2.04. The zero-order valence-electron chi connectivity index (χ0n) is 9.72. The van der Waals surface area contributed by atoms with Crippen LogP contribution in [0.15, 0.2) is 12.1 Å². The molecule has 0 radical (unpaired) electrons. The molecule has 0 bridgehead atoms. The highest BCUT2D eigenvalue weighted by atomic mass is 35.5. The van der Waals surface area contributed by atoms with E-state index in [0.29, 0.717) is 6.04 Å². The first-order valence-corrected chi connectivity index (χ1v) is 6.72. The van der Waals surface area contributed by atoms with E-state index in [1.807, 2.05) is 13.1 Å². The summed E-state index contributed by atoms with van der Waals surface area (Å²) in [5.74, 6) is 0.785. The zero-order valence-corrected chi connectivity index (χ0v) is 11.3. The molecule has 1 nitrogen and oxygen atoms in total. The van der Waals surface area contributed by atoms with Gasteiger partial charge in [0.15, 0.2) is 0 Å². The molecule has 0 aromatic carbocycles. The summed E-state index contributed by atoms with van der Waals surface area (Å²) in [5, 5.41) is 3.38. The van der Waals surface area contributed by atoms with Crippen LogP contribution in [0.3, 0.4) is 0 Å². The Bertz CT molecular complexity index is 283. The van der Waals surface area contributed by atoms with E-state index >= 15 is 0 Å². The average molecular weight is 246 g/mol. The maximum absolute atomic E-state index is 5.91. The molecule has 0 aliphatic carbocycles. The van der Waals surface area contributed by atoms with Gasteiger partial charge in [0, 0.05) is 10.9 Å². The van der Waals surface area contributed by atoms with Gasteiger partial charge >= 0.3 is 0 Å². The summed E-state index contributed by atoms with van der Waals surface area (Å²) in [6, 6.07) is 4.70. The molecule has 1 unspecified atom stereocenters. The van der Waals surface area contributed by atoms with Crippen molar-refractivity contribution in [1.82, 2.24) is 5.32 Å². The fourth-order valence-electron chi connectivity index (χ4n) is 1.59. The van der Waals surface area contributed by atoms with Crippen molar-refractivity contribution in [1.29, 1.82) is 0 Å². The largest absolute Gasteiger partial charge is 0.317 e. The Labute approximate surface area is 102 Å². The molecule has 1 N–H and O–H groups in total. The lowest BCUT2D eigenvalue weighted by molar-refractivity contribution is 0.452. The number of halogens is 1. The predicted molar refractivity (Wildman–Crippen MR) is 70.0 cm³/mol. The molecule has 0 saturated heterocycles. The zero-order chi connectivity index (χ0) is 11.3. The molecular formula is C12H20ClNS. The van der Waals surface area contributed by atoms with Gasteiger partial charge in [-0.15, -0.1) is 11.3 Å². The molecule has 1 rings (SSSR count). The number of thiophene rings is 1. The van der Waals surface area contributed by atoms with E-state index < -0.39 is 0 Å². The second-order valence-corrected chi connectivity index (χ2v) is 6.17. The van der Waals surface area contributed by atoms with Gasteiger partial charge in [-0.2, -0.15) is 0 Å². The normalized spacial score (nSPS) is 13.4. The summed E-state index contributed by atoms with van der Waals surface area (Å²) < 4.78 is 0.892. The molecule has 1 heterocycles. The molecule has 15 heavy (non-hydrogen) atoms. The molecule has 1 atom stereocenters. The summed E-state index contributed by atoms with van der Waals surface area (Å²) in [4.78, 5) is 1.38. The van der Waals surface area contributed by atoms with Crippen LogP contribution in [0.4, 0.5) is 0 Å². The Hall–Kier alpha value is -0.0500. The lowest BCUT2D eigenvalue weighted by atomic mass is 10.0. The van der Waals surface area contributed by atoms with Gasteiger partial charge in [0.25, 0.3) is 0 Å². The Kier molecular flexibility index (Phi) is 5.65. The molecule has 0 spiro atoms. The van der Waals surface area contributed by atoms with E-state index in [1.165, 1.54) is 17.7 Å². The maximum Gasteiger partial charge on any atom is 0.0931 e. The third-order valence-corrected chi connectivity index (χ3v) is 3.83. The highest BCUT2D eigenvalue weighted by molar-refractivity contribution is 7.16. The van der Waals surface area contributed by atoms with Gasteiger partial charge in [-0.25, -0.2) is 0 Å². The van der Waals surface area contributed by atoms with Gasteiger partial charge in [-0.05, 0) is 44.4 Å². The second-order valence-electron chi connectivity index (χ2n) is 4.37. The van der Waals surface area contributed by atoms with Crippen molar-refractivity contribution in [2.24, 2.45) is 5.92 Å². The monoisotopic (exact) mass is 245 g/mol. The van der Waals surface area contributed by atoms with Crippen LogP contribution in [-0.2, 0) is 6.42 Å². The van der Waals surface area contributed by atoms with E-state index in [1.54, 1.807) is 11.3 Å². The minimum atomic E-state index is 0.585. The first-order valence-electron chi connectivity index (χ1n) is 5.53. The second kappa shape index (κ2) is 6.51.